The van der Waals surface area contributed by atoms with Crippen LogP contribution in [0.25, 0.3) is 0 Å². The molecule has 20 heavy (non-hydrogen) atoms. The summed E-state index contributed by atoms with van der Waals surface area (Å²) in [6, 6.07) is 8.02. The van der Waals surface area contributed by atoms with Gasteiger partial charge in [0.25, 0.3) is 0 Å². The first-order chi connectivity index (χ1) is 9.61. The molecule has 0 bridgehead atoms. The van der Waals surface area contributed by atoms with Crippen molar-refractivity contribution in [3.05, 3.63) is 47.1 Å². The van der Waals surface area contributed by atoms with Gasteiger partial charge in [-0.1, -0.05) is 11.6 Å². The fourth-order valence-electron chi connectivity index (χ4n) is 1.54. The third-order valence-corrected chi connectivity index (χ3v) is 2.74. The summed E-state index contributed by atoms with van der Waals surface area (Å²) in [5, 5.41) is 0.375. The van der Waals surface area contributed by atoms with E-state index in [1.807, 2.05) is 0 Å². The number of hydrogen-bond donors (Lipinski definition) is 1. The van der Waals surface area contributed by atoms with Crippen LogP contribution >= 0.6 is 11.6 Å². The lowest BCUT2D eigenvalue weighted by Crippen LogP contribution is -2.07. The second-order valence-electron chi connectivity index (χ2n) is 3.87. The average Bonchev–Trinajstić information content (AvgIpc) is 2.44. The highest BCUT2D eigenvalue weighted by Crippen LogP contribution is 2.31. The number of halogens is 1. The van der Waals surface area contributed by atoms with Crippen LogP contribution in [0.3, 0.4) is 0 Å². The Morgan fingerprint density at radius 3 is 2.95 bits per heavy atom. The van der Waals surface area contributed by atoms with Crippen LogP contribution in [0, 0.1) is 0 Å². The summed E-state index contributed by atoms with van der Waals surface area (Å²) in [6.45, 7) is 2.00. The molecular weight excluding hydrogens is 280 g/mol. The number of nitrogens with two attached hydrogens (primary N) is 1. The molecule has 1 aromatic carbocycles. The Morgan fingerprint density at radius 1 is 1.40 bits per heavy atom. The molecule has 0 radical (unpaired) electrons. The van der Waals surface area contributed by atoms with Crippen molar-refractivity contribution in [2.75, 3.05) is 12.3 Å². The van der Waals surface area contributed by atoms with E-state index < -0.39 is 5.97 Å². The Bertz CT molecular complexity index is 632. The van der Waals surface area contributed by atoms with E-state index in [2.05, 4.69) is 4.98 Å². The largest absolute Gasteiger partial charge is 0.462 e. The van der Waals surface area contributed by atoms with Crippen LogP contribution < -0.4 is 10.5 Å². The van der Waals surface area contributed by atoms with E-state index in [9.17, 15) is 4.79 Å². The van der Waals surface area contributed by atoms with Gasteiger partial charge in [-0.3, -0.25) is 0 Å². The number of carbonyl (C=O) groups is 1. The molecule has 0 fully saturated rings. The minimum Gasteiger partial charge on any atom is -0.462 e. The van der Waals surface area contributed by atoms with E-state index in [4.69, 9.17) is 26.8 Å². The van der Waals surface area contributed by atoms with E-state index in [-0.39, 0.29) is 18.1 Å². The number of rotatable bonds is 4. The van der Waals surface area contributed by atoms with Crippen LogP contribution in [0.1, 0.15) is 17.3 Å². The molecule has 5 nitrogen and oxygen atoms in total. The van der Waals surface area contributed by atoms with Gasteiger partial charge in [-0.15, -0.1) is 0 Å². The fraction of sp³-hybridized carbons (Fsp3) is 0.143. The van der Waals surface area contributed by atoms with Crippen molar-refractivity contribution in [3.63, 3.8) is 0 Å². The minimum atomic E-state index is -0.504. The molecule has 2 N–H and O–H groups in total. The van der Waals surface area contributed by atoms with Gasteiger partial charge < -0.3 is 15.2 Å². The summed E-state index contributed by atoms with van der Waals surface area (Å²) < 4.78 is 10.5. The summed E-state index contributed by atoms with van der Waals surface area (Å²) in [5.41, 5.74) is 6.40. The van der Waals surface area contributed by atoms with E-state index in [0.717, 1.165) is 0 Å². The topological polar surface area (TPSA) is 74.4 Å². The Labute approximate surface area is 121 Å². The first-order valence-electron chi connectivity index (χ1n) is 5.97. The summed E-state index contributed by atoms with van der Waals surface area (Å²) >= 11 is 6.01. The maximum atomic E-state index is 11.8. The van der Waals surface area contributed by atoms with Gasteiger partial charge in [0.1, 0.15) is 11.3 Å². The molecule has 0 aliphatic heterocycles. The molecule has 6 heteroatoms. The zero-order valence-corrected chi connectivity index (χ0v) is 11.6. The van der Waals surface area contributed by atoms with Crippen molar-refractivity contribution in [2.45, 2.75) is 6.92 Å². The molecule has 0 atom stereocenters. The van der Waals surface area contributed by atoms with E-state index in [0.29, 0.717) is 16.5 Å². The minimum absolute atomic E-state index is 0.124. The Hall–Kier alpha value is -2.27. The predicted octanol–water partition coefficient (Wildman–Crippen LogP) is 3.29. The lowest BCUT2D eigenvalue weighted by Gasteiger charge is -2.10. The summed E-state index contributed by atoms with van der Waals surface area (Å²) in [5.74, 6) is -0.0509. The van der Waals surface area contributed by atoms with Gasteiger partial charge in [0.05, 0.1) is 11.6 Å². The lowest BCUT2D eigenvalue weighted by atomic mass is 10.2. The van der Waals surface area contributed by atoms with Crippen molar-refractivity contribution in [1.29, 1.82) is 0 Å². The van der Waals surface area contributed by atoms with E-state index in [1.165, 1.54) is 6.20 Å². The molecule has 1 aromatic heterocycles. The number of carbonyl (C=O) groups excluding carboxylic acids is 1. The number of esters is 1. The first kappa shape index (κ1) is 14.1. The monoisotopic (exact) mass is 292 g/mol. The maximum Gasteiger partial charge on any atom is 0.343 e. The second kappa shape index (κ2) is 6.25. The highest BCUT2D eigenvalue weighted by Gasteiger charge is 2.16. The highest BCUT2D eigenvalue weighted by molar-refractivity contribution is 6.32. The molecule has 0 aliphatic carbocycles. The number of aromatic nitrogens is 1. The quantitative estimate of drug-likeness (QED) is 0.691. The number of pyridine rings is 1. The first-order valence-corrected chi connectivity index (χ1v) is 6.34. The zero-order chi connectivity index (χ0) is 14.5. The van der Waals surface area contributed by atoms with Gasteiger partial charge in [-0.25, -0.2) is 9.78 Å². The van der Waals surface area contributed by atoms with E-state index in [1.54, 1.807) is 37.3 Å². The standard InChI is InChI=1S/C14H13ClN2O3/c1-2-19-14(18)10-4-3-7-17-13(10)20-12-8-9(16)5-6-11(12)15/h3-8H,2,16H2,1H3. The van der Waals surface area contributed by atoms with Crippen LogP contribution in [0.4, 0.5) is 5.69 Å². The summed E-state index contributed by atoms with van der Waals surface area (Å²) in [4.78, 5) is 15.8. The molecule has 1 heterocycles. The van der Waals surface area contributed by atoms with Crippen LogP contribution in [0.5, 0.6) is 11.6 Å². The molecule has 2 aromatic rings. The zero-order valence-electron chi connectivity index (χ0n) is 10.8. The number of nitrogens with zero attached hydrogens (tertiary/aromatic N) is 1. The van der Waals surface area contributed by atoms with Gasteiger partial charge in [0.15, 0.2) is 0 Å². The molecule has 0 saturated carbocycles. The SMILES string of the molecule is CCOC(=O)c1cccnc1Oc1cc(N)ccc1Cl. The second-order valence-corrected chi connectivity index (χ2v) is 4.28. The van der Waals surface area contributed by atoms with Crippen molar-refractivity contribution < 1.29 is 14.3 Å². The van der Waals surface area contributed by atoms with Gasteiger partial charge in [-0.05, 0) is 31.2 Å². The number of anilines is 1. The molecule has 0 amide bonds. The lowest BCUT2D eigenvalue weighted by molar-refractivity contribution is 0.0522. The average molecular weight is 293 g/mol. The highest BCUT2D eigenvalue weighted by atomic mass is 35.5. The van der Waals surface area contributed by atoms with Crippen LogP contribution in [-0.2, 0) is 4.74 Å². The molecule has 2 rings (SSSR count). The van der Waals surface area contributed by atoms with Gasteiger partial charge in [0, 0.05) is 18.0 Å². The Balaban J connectivity index is 2.34. The van der Waals surface area contributed by atoms with Gasteiger partial charge >= 0.3 is 5.97 Å². The molecule has 0 spiro atoms. The molecule has 104 valence electrons. The molecule has 0 unspecified atom stereocenters. The summed E-state index contributed by atoms with van der Waals surface area (Å²) in [7, 11) is 0. The number of hydrogen-bond acceptors (Lipinski definition) is 5. The third kappa shape index (κ3) is 3.19. The fourth-order valence-corrected chi connectivity index (χ4v) is 1.69. The van der Waals surface area contributed by atoms with E-state index >= 15 is 0 Å². The number of ether oxygens (including phenoxy) is 2. The van der Waals surface area contributed by atoms with Crippen LogP contribution in [0.2, 0.25) is 5.02 Å². The van der Waals surface area contributed by atoms with Gasteiger partial charge in [-0.2, -0.15) is 0 Å². The molecule has 0 aliphatic rings. The number of nitrogen functional groups attached to an aromatic ring is 1. The van der Waals surface area contributed by atoms with Gasteiger partial charge in [0.2, 0.25) is 5.88 Å². The van der Waals surface area contributed by atoms with Crippen molar-refractivity contribution in [2.24, 2.45) is 0 Å². The number of benzene rings is 1. The predicted molar refractivity (Wildman–Crippen MR) is 76.1 cm³/mol. The normalized spacial score (nSPS) is 10.1. The summed E-state index contributed by atoms with van der Waals surface area (Å²) in [6.07, 6.45) is 1.51. The maximum absolute atomic E-state index is 11.8. The third-order valence-electron chi connectivity index (χ3n) is 2.43. The Morgan fingerprint density at radius 2 is 2.20 bits per heavy atom. The molecular formula is C14H13ClN2O3. The Kier molecular flexibility index (Phi) is 4.42. The molecule has 0 saturated heterocycles. The van der Waals surface area contributed by atoms with Crippen LogP contribution in [-0.4, -0.2) is 17.6 Å². The van der Waals surface area contributed by atoms with Crippen LogP contribution in [0.15, 0.2) is 36.5 Å². The van der Waals surface area contributed by atoms with Crippen molar-refractivity contribution >= 4 is 23.3 Å². The van der Waals surface area contributed by atoms with Crippen molar-refractivity contribution in [1.82, 2.24) is 4.98 Å². The smallest absolute Gasteiger partial charge is 0.343 e. The van der Waals surface area contributed by atoms with Crippen molar-refractivity contribution in [3.8, 4) is 11.6 Å².